The zero-order valence-corrected chi connectivity index (χ0v) is 10.5. The van der Waals surface area contributed by atoms with Gasteiger partial charge in [0.2, 0.25) is 5.91 Å². The molecule has 0 aromatic heterocycles. The van der Waals surface area contributed by atoms with E-state index in [2.05, 4.69) is 0 Å². The Bertz CT molecular complexity index is 439. The van der Waals surface area contributed by atoms with Crippen molar-refractivity contribution < 1.29 is 13.6 Å². The van der Waals surface area contributed by atoms with Crippen molar-refractivity contribution in [3.8, 4) is 0 Å². The van der Waals surface area contributed by atoms with Crippen LogP contribution >= 0.6 is 0 Å². The summed E-state index contributed by atoms with van der Waals surface area (Å²) < 4.78 is 26.3. The Hall–Kier alpha value is -1.45. The summed E-state index contributed by atoms with van der Waals surface area (Å²) in [4.78, 5) is 13.0. The second kappa shape index (κ2) is 5.46. The Morgan fingerprint density at radius 3 is 2.56 bits per heavy atom. The van der Waals surface area contributed by atoms with E-state index in [0.717, 1.165) is 32.0 Å². The molecule has 0 N–H and O–H groups in total. The van der Waals surface area contributed by atoms with Crippen molar-refractivity contribution in [1.82, 2.24) is 4.90 Å². The van der Waals surface area contributed by atoms with Crippen molar-refractivity contribution in [3.05, 3.63) is 35.4 Å². The minimum absolute atomic E-state index is 0.0985. The van der Waals surface area contributed by atoms with Gasteiger partial charge in [0.05, 0.1) is 0 Å². The predicted octanol–water partition coefficient (Wildman–Crippen LogP) is 2.77. The van der Waals surface area contributed by atoms with Gasteiger partial charge in [-0.2, -0.15) is 0 Å². The zero-order chi connectivity index (χ0) is 13.1. The van der Waals surface area contributed by atoms with E-state index in [4.69, 9.17) is 0 Å². The zero-order valence-electron chi connectivity index (χ0n) is 10.5. The average molecular weight is 253 g/mol. The molecule has 1 saturated heterocycles. The van der Waals surface area contributed by atoms with E-state index in [0.29, 0.717) is 17.9 Å². The number of carbonyl (C=O) groups excluding carboxylic acids is 1. The van der Waals surface area contributed by atoms with Crippen molar-refractivity contribution in [2.45, 2.75) is 26.2 Å². The molecule has 1 aliphatic rings. The van der Waals surface area contributed by atoms with Crippen LogP contribution in [-0.4, -0.2) is 23.9 Å². The van der Waals surface area contributed by atoms with Gasteiger partial charge in [0.1, 0.15) is 11.6 Å². The highest BCUT2D eigenvalue weighted by molar-refractivity contribution is 5.73. The van der Waals surface area contributed by atoms with Gasteiger partial charge in [0.15, 0.2) is 0 Å². The fourth-order valence-corrected chi connectivity index (χ4v) is 2.45. The Labute approximate surface area is 106 Å². The van der Waals surface area contributed by atoms with E-state index < -0.39 is 11.6 Å². The molecule has 1 fully saturated rings. The Kier molecular flexibility index (Phi) is 3.94. The first-order valence-corrected chi connectivity index (χ1v) is 6.25. The van der Waals surface area contributed by atoms with Crippen molar-refractivity contribution in [1.29, 1.82) is 0 Å². The van der Waals surface area contributed by atoms with E-state index in [-0.39, 0.29) is 5.91 Å². The van der Waals surface area contributed by atoms with Gasteiger partial charge in [0, 0.05) is 26.1 Å². The summed E-state index contributed by atoms with van der Waals surface area (Å²) >= 11 is 0. The standard InChI is InChI=1S/C14H17F2NO/c1-10(18)17-6-4-11(5-7-17)8-12-2-3-13(15)9-14(12)16/h2-3,9,11H,4-8H2,1H3. The normalized spacial score (nSPS) is 16.9. The third kappa shape index (κ3) is 3.06. The van der Waals surface area contributed by atoms with Crippen LogP contribution in [0.2, 0.25) is 0 Å². The third-order valence-electron chi connectivity index (χ3n) is 3.58. The van der Waals surface area contributed by atoms with E-state index >= 15 is 0 Å². The lowest BCUT2D eigenvalue weighted by Gasteiger charge is -2.31. The lowest BCUT2D eigenvalue weighted by Crippen LogP contribution is -2.37. The first kappa shape index (κ1) is 13.0. The number of amides is 1. The van der Waals surface area contributed by atoms with Gasteiger partial charge in [-0.15, -0.1) is 0 Å². The SMILES string of the molecule is CC(=O)N1CCC(Cc2ccc(F)cc2F)CC1. The summed E-state index contributed by atoms with van der Waals surface area (Å²) in [5, 5.41) is 0. The number of rotatable bonds is 2. The summed E-state index contributed by atoms with van der Waals surface area (Å²) in [6.45, 7) is 3.05. The fraction of sp³-hybridized carbons (Fsp3) is 0.500. The molecular formula is C14H17F2NO. The molecule has 0 saturated carbocycles. The van der Waals surface area contributed by atoms with E-state index in [1.165, 1.54) is 12.1 Å². The molecule has 1 heterocycles. The van der Waals surface area contributed by atoms with Gasteiger partial charge < -0.3 is 4.90 Å². The minimum Gasteiger partial charge on any atom is -0.343 e. The third-order valence-corrected chi connectivity index (χ3v) is 3.58. The molecule has 0 radical (unpaired) electrons. The van der Waals surface area contributed by atoms with Gasteiger partial charge in [-0.25, -0.2) is 8.78 Å². The summed E-state index contributed by atoms with van der Waals surface area (Å²) in [7, 11) is 0. The van der Waals surface area contributed by atoms with Gasteiger partial charge in [0.25, 0.3) is 0 Å². The second-order valence-electron chi connectivity index (χ2n) is 4.89. The Balaban J connectivity index is 1.93. The molecular weight excluding hydrogens is 236 g/mol. The average Bonchev–Trinajstić information content (AvgIpc) is 2.33. The smallest absolute Gasteiger partial charge is 0.219 e. The molecule has 4 heteroatoms. The van der Waals surface area contributed by atoms with Gasteiger partial charge in [-0.05, 0) is 36.8 Å². The largest absolute Gasteiger partial charge is 0.343 e. The molecule has 18 heavy (non-hydrogen) atoms. The van der Waals surface area contributed by atoms with E-state index in [1.54, 1.807) is 6.92 Å². The number of benzene rings is 1. The van der Waals surface area contributed by atoms with Crippen molar-refractivity contribution in [3.63, 3.8) is 0 Å². The molecule has 0 bridgehead atoms. The number of carbonyl (C=O) groups is 1. The van der Waals surface area contributed by atoms with Crippen LogP contribution in [0, 0.1) is 17.6 Å². The van der Waals surface area contributed by atoms with Crippen LogP contribution in [0.4, 0.5) is 8.78 Å². The minimum atomic E-state index is -0.539. The monoisotopic (exact) mass is 253 g/mol. The van der Waals surface area contributed by atoms with Crippen LogP contribution in [0.5, 0.6) is 0 Å². The first-order valence-electron chi connectivity index (χ1n) is 6.25. The maximum absolute atomic E-state index is 13.5. The first-order chi connectivity index (χ1) is 8.56. The summed E-state index contributed by atoms with van der Waals surface area (Å²) in [5.41, 5.74) is 0.567. The molecule has 98 valence electrons. The van der Waals surface area contributed by atoms with E-state index in [1.807, 2.05) is 4.90 Å². The fourth-order valence-electron chi connectivity index (χ4n) is 2.45. The number of halogens is 2. The number of nitrogens with zero attached hydrogens (tertiary/aromatic N) is 1. The highest BCUT2D eigenvalue weighted by atomic mass is 19.1. The molecule has 1 aliphatic heterocycles. The molecule has 0 atom stereocenters. The predicted molar refractivity (Wildman–Crippen MR) is 65.0 cm³/mol. The number of piperidine rings is 1. The Morgan fingerprint density at radius 1 is 1.33 bits per heavy atom. The van der Waals surface area contributed by atoms with Gasteiger partial charge in [-0.1, -0.05) is 6.07 Å². The summed E-state index contributed by atoms with van der Waals surface area (Å²) in [5.74, 6) is -0.534. The maximum Gasteiger partial charge on any atom is 0.219 e. The molecule has 2 nitrogen and oxygen atoms in total. The molecule has 0 aliphatic carbocycles. The quantitative estimate of drug-likeness (QED) is 0.793. The summed E-state index contributed by atoms with van der Waals surface area (Å²) in [6.07, 6.45) is 2.39. The topological polar surface area (TPSA) is 20.3 Å². The molecule has 1 aromatic rings. The van der Waals surface area contributed by atoms with Crippen LogP contribution in [0.3, 0.4) is 0 Å². The molecule has 1 amide bonds. The number of likely N-dealkylation sites (tertiary alicyclic amines) is 1. The van der Waals surface area contributed by atoms with Gasteiger partial charge >= 0.3 is 0 Å². The summed E-state index contributed by atoms with van der Waals surface area (Å²) in [6, 6.07) is 3.74. The van der Waals surface area contributed by atoms with Gasteiger partial charge in [-0.3, -0.25) is 4.79 Å². The van der Waals surface area contributed by atoms with Crippen molar-refractivity contribution in [2.24, 2.45) is 5.92 Å². The highest BCUT2D eigenvalue weighted by Crippen LogP contribution is 2.23. The number of hydrogen-bond acceptors (Lipinski definition) is 1. The van der Waals surface area contributed by atoms with Crippen LogP contribution in [0.25, 0.3) is 0 Å². The Morgan fingerprint density at radius 2 is 2.00 bits per heavy atom. The van der Waals surface area contributed by atoms with Crippen molar-refractivity contribution in [2.75, 3.05) is 13.1 Å². The van der Waals surface area contributed by atoms with Crippen molar-refractivity contribution >= 4 is 5.91 Å². The molecule has 1 aromatic carbocycles. The van der Waals surface area contributed by atoms with Crippen LogP contribution in [0.15, 0.2) is 18.2 Å². The number of hydrogen-bond donors (Lipinski definition) is 0. The lowest BCUT2D eigenvalue weighted by atomic mass is 9.90. The van der Waals surface area contributed by atoms with Crippen LogP contribution < -0.4 is 0 Å². The molecule has 2 rings (SSSR count). The second-order valence-corrected chi connectivity index (χ2v) is 4.89. The molecule has 0 unspecified atom stereocenters. The maximum atomic E-state index is 13.5. The lowest BCUT2D eigenvalue weighted by molar-refractivity contribution is -0.130. The van der Waals surface area contributed by atoms with Crippen LogP contribution in [0.1, 0.15) is 25.3 Å². The van der Waals surface area contributed by atoms with Crippen LogP contribution in [-0.2, 0) is 11.2 Å². The highest BCUT2D eigenvalue weighted by Gasteiger charge is 2.21. The van der Waals surface area contributed by atoms with E-state index in [9.17, 15) is 13.6 Å². The molecule has 0 spiro atoms.